The summed E-state index contributed by atoms with van der Waals surface area (Å²) in [4.78, 5) is 0. The Bertz CT molecular complexity index is 370. The lowest BCUT2D eigenvalue weighted by atomic mass is 9.91. The topological polar surface area (TPSA) is 29.5 Å². The summed E-state index contributed by atoms with van der Waals surface area (Å²) >= 11 is 9.52. The summed E-state index contributed by atoms with van der Waals surface area (Å²) in [6.07, 6.45) is 1.22. The van der Waals surface area contributed by atoms with Gasteiger partial charge in [-0.2, -0.15) is 0 Å². The number of hydrogen-bond donors (Lipinski definition) is 1. The Labute approximate surface area is 109 Å². The van der Waals surface area contributed by atoms with E-state index in [1.54, 1.807) is 0 Å². The van der Waals surface area contributed by atoms with Crippen molar-refractivity contribution in [3.63, 3.8) is 0 Å². The number of ether oxygens (including phenoxy) is 1. The summed E-state index contributed by atoms with van der Waals surface area (Å²) in [5.41, 5.74) is 1.07. The average molecular weight is 306 g/mol. The first-order valence-electron chi connectivity index (χ1n) is 5.36. The number of benzene rings is 1. The summed E-state index contributed by atoms with van der Waals surface area (Å²) in [7, 11) is 0. The molecule has 1 aromatic carbocycles. The monoisotopic (exact) mass is 304 g/mol. The number of aliphatic hydroxyl groups is 1. The van der Waals surface area contributed by atoms with Gasteiger partial charge in [0, 0.05) is 22.0 Å². The van der Waals surface area contributed by atoms with E-state index < -0.39 is 0 Å². The molecule has 2 unspecified atom stereocenters. The Kier molecular flexibility index (Phi) is 4.25. The van der Waals surface area contributed by atoms with Crippen LogP contribution < -0.4 is 0 Å². The minimum absolute atomic E-state index is 0.160. The Morgan fingerprint density at radius 2 is 2.31 bits per heavy atom. The standard InChI is InChI=1S/C12H14BrClO2/c13-10-2-1-8(11(14)6-10)5-9-7-16-4-3-12(9)15/h1-2,6,9,12,15H,3-5,7H2. The summed E-state index contributed by atoms with van der Waals surface area (Å²) in [6, 6.07) is 5.85. The van der Waals surface area contributed by atoms with Crippen molar-refractivity contribution < 1.29 is 9.84 Å². The Morgan fingerprint density at radius 1 is 1.50 bits per heavy atom. The molecule has 2 nitrogen and oxygen atoms in total. The first kappa shape index (κ1) is 12.4. The van der Waals surface area contributed by atoms with Gasteiger partial charge in [-0.3, -0.25) is 0 Å². The molecule has 1 saturated heterocycles. The van der Waals surface area contributed by atoms with Crippen LogP contribution in [0.1, 0.15) is 12.0 Å². The lowest BCUT2D eigenvalue weighted by molar-refractivity contribution is -0.0350. The molecule has 0 radical (unpaired) electrons. The van der Waals surface area contributed by atoms with E-state index in [-0.39, 0.29) is 12.0 Å². The van der Waals surface area contributed by atoms with Gasteiger partial charge in [0.2, 0.25) is 0 Å². The smallest absolute Gasteiger partial charge is 0.0615 e. The lowest BCUT2D eigenvalue weighted by Crippen LogP contribution is -2.33. The van der Waals surface area contributed by atoms with Gasteiger partial charge in [0.25, 0.3) is 0 Å². The maximum absolute atomic E-state index is 9.84. The molecule has 1 aromatic rings. The van der Waals surface area contributed by atoms with E-state index >= 15 is 0 Å². The van der Waals surface area contributed by atoms with E-state index in [2.05, 4.69) is 15.9 Å². The van der Waals surface area contributed by atoms with Gasteiger partial charge in [0.15, 0.2) is 0 Å². The Morgan fingerprint density at radius 3 is 3.00 bits per heavy atom. The van der Waals surface area contributed by atoms with Gasteiger partial charge in [0.1, 0.15) is 0 Å². The van der Waals surface area contributed by atoms with Crippen molar-refractivity contribution in [2.75, 3.05) is 13.2 Å². The minimum Gasteiger partial charge on any atom is -0.393 e. The van der Waals surface area contributed by atoms with E-state index in [1.165, 1.54) is 0 Å². The van der Waals surface area contributed by atoms with E-state index in [0.29, 0.717) is 13.2 Å². The van der Waals surface area contributed by atoms with Gasteiger partial charge in [0.05, 0.1) is 12.7 Å². The normalized spacial score (nSPS) is 25.7. The zero-order chi connectivity index (χ0) is 11.5. The van der Waals surface area contributed by atoms with Gasteiger partial charge in [-0.25, -0.2) is 0 Å². The molecule has 0 amide bonds. The zero-order valence-electron chi connectivity index (χ0n) is 8.83. The highest BCUT2D eigenvalue weighted by Gasteiger charge is 2.24. The van der Waals surface area contributed by atoms with Crippen LogP contribution in [0.4, 0.5) is 0 Å². The molecule has 1 aliphatic heterocycles. The molecule has 4 heteroatoms. The van der Waals surface area contributed by atoms with Crippen molar-refractivity contribution in [1.82, 2.24) is 0 Å². The van der Waals surface area contributed by atoms with Gasteiger partial charge in [-0.15, -0.1) is 0 Å². The van der Waals surface area contributed by atoms with Crippen LogP contribution in [0.3, 0.4) is 0 Å². The fraction of sp³-hybridized carbons (Fsp3) is 0.500. The summed E-state index contributed by atoms with van der Waals surface area (Å²) < 4.78 is 6.35. The maximum Gasteiger partial charge on any atom is 0.0615 e. The third kappa shape index (κ3) is 2.98. The fourth-order valence-electron chi connectivity index (χ4n) is 1.95. The second kappa shape index (κ2) is 5.50. The molecule has 0 bridgehead atoms. The minimum atomic E-state index is -0.270. The largest absolute Gasteiger partial charge is 0.393 e. The molecule has 0 spiro atoms. The molecule has 2 atom stereocenters. The van der Waals surface area contributed by atoms with E-state index in [4.69, 9.17) is 16.3 Å². The summed E-state index contributed by atoms with van der Waals surface area (Å²) in [5.74, 6) is 0.160. The molecule has 1 heterocycles. The Balaban J connectivity index is 2.07. The zero-order valence-corrected chi connectivity index (χ0v) is 11.2. The number of hydrogen-bond acceptors (Lipinski definition) is 2. The van der Waals surface area contributed by atoms with Crippen LogP contribution in [-0.2, 0) is 11.2 Å². The van der Waals surface area contributed by atoms with Crippen molar-refractivity contribution in [3.05, 3.63) is 33.3 Å². The van der Waals surface area contributed by atoms with Gasteiger partial charge in [-0.1, -0.05) is 33.6 Å². The molecule has 2 rings (SSSR count). The lowest BCUT2D eigenvalue weighted by Gasteiger charge is -2.28. The number of halogens is 2. The van der Waals surface area contributed by atoms with Crippen LogP contribution in [-0.4, -0.2) is 24.4 Å². The van der Waals surface area contributed by atoms with Crippen LogP contribution in [0, 0.1) is 5.92 Å². The van der Waals surface area contributed by atoms with Gasteiger partial charge >= 0.3 is 0 Å². The molecule has 88 valence electrons. The second-order valence-corrected chi connectivity index (χ2v) is 5.45. The van der Waals surface area contributed by atoms with Crippen molar-refractivity contribution >= 4 is 27.5 Å². The molecule has 0 saturated carbocycles. The Hall–Kier alpha value is -0.0900. The molecule has 1 N–H and O–H groups in total. The average Bonchev–Trinajstić information content (AvgIpc) is 2.25. The second-order valence-electron chi connectivity index (χ2n) is 4.13. The molecule has 16 heavy (non-hydrogen) atoms. The van der Waals surface area contributed by atoms with Crippen molar-refractivity contribution in [2.24, 2.45) is 5.92 Å². The van der Waals surface area contributed by atoms with Gasteiger partial charge < -0.3 is 9.84 Å². The number of rotatable bonds is 2. The number of aliphatic hydroxyl groups excluding tert-OH is 1. The van der Waals surface area contributed by atoms with Crippen LogP contribution in [0.15, 0.2) is 22.7 Å². The van der Waals surface area contributed by atoms with Crippen LogP contribution in [0.25, 0.3) is 0 Å². The van der Waals surface area contributed by atoms with Gasteiger partial charge in [-0.05, 0) is 30.5 Å². The van der Waals surface area contributed by atoms with Crippen LogP contribution >= 0.6 is 27.5 Å². The highest BCUT2D eigenvalue weighted by molar-refractivity contribution is 9.10. The highest BCUT2D eigenvalue weighted by Crippen LogP contribution is 2.26. The third-order valence-corrected chi connectivity index (χ3v) is 3.78. The predicted octanol–water partition coefficient (Wildman–Crippen LogP) is 3.04. The maximum atomic E-state index is 9.84. The first-order valence-corrected chi connectivity index (χ1v) is 6.53. The quantitative estimate of drug-likeness (QED) is 0.910. The third-order valence-electron chi connectivity index (χ3n) is 2.93. The SMILES string of the molecule is OC1CCOCC1Cc1ccc(Br)cc1Cl. The van der Waals surface area contributed by atoms with E-state index in [1.807, 2.05) is 18.2 Å². The molecular weight excluding hydrogens is 291 g/mol. The van der Waals surface area contributed by atoms with E-state index in [0.717, 1.165) is 27.9 Å². The van der Waals surface area contributed by atoms with Crippen LogP contribution in [0.5, 0.6) is 0 Å². The molecule has 1 fully saturated rings. The summed E-state index contributed by atoms with van der Waals surface area (Å²) in [5, 5.41) is 10.6. The van der Waals surface area contributed by atoms with Crippen LogP contribution in [0.2, 0.25) is 5.02 Å². The molecular formula is C12H14BrClO2. The molecule has 0 aliphatic carbocycles. The van der Waals surface area contributed by atoms with E-state index in [9.17, 15) is 5.11 Å². The predicted molar refractivity (Wildman–Crippen MR) is 67.8 cm³/mol. The van der Waals surface area contributed by atoms with Crippen molar-refractivity contribution in [3.8, 4) is 0 Å². The first-order chi connectivity index (χ1) is 7.66. The fourth-order valence-corrected chi connectivity index (χ4v) is 2.70. The summed E-state index contributed by atoms with van der Waals surface area (Å²) in [6.45, 7) is 1.28. The van der Waals surface area contributed by atoms with Crippen molar-refractivity contribution in [1.29, 1.82) is 0 Å². The van der Waals surface area contributed by atoms with Crippen molar-refractivity contribution in [2.45, 2.75) is 18.9 Å². The molecule has 1 aliphatic rings. The molecule has 0 aromatic heterocycles. The highest BCUT2D eigenvalue weighted by atomic mass is 79.9.